The molecule has 1 fully saturated rings. The van der Waals surface area contributed by atoms with Gasteiger partial charge in [0.25, 0.3) is 0 Å². The second-order valence-corrected chi connectivity index (χ2v) is 7.13. The van der Waals surface area contributed by atoms with Gasteiger partial charge in [0.15, 0.2) is 0 Å². The van der Waals surface area contributed by atoms with Crippen molar-refractivity contribution in [2.45, 2.75) is 25.3 Å². The van der Waals surface area contributed by atoms with Gasteiger partial charge < -0.3 is 10.2 Å². The van der Waals surface area contributed by atoms with Gasteiger partial charge in [-0.05, 0) is 56.2 Å². The Bertz CT molecular complexity index is 640. The highest BCUT2D eigenvalue weighted by Crippen LogP contribution is 2.18. The number of fused-ring (bicyclic) bond motifs is 1. The minimum absolute atomic E-state index is 0.706. The van der Waals surface area contributed by atoms with E-state index in [1.165, 1.54) is 55.4 Å². The van der Waals surface area contributed by atoms with Crippen molar-refractivity contribution in [1.82, 2.24) is 15.1 Å². The maximum Gasteiger partial charge on any atom is 0.0224 e. The first kappa shape index (κ1) is 17.4. The molecule has 3 heteroatoms. The zero-order valence-electron chi connectivity index (χ0n) is 15.2. The number of nitrogens with one attached hydrogen (secondary N) is 1. The van der Waals surface area contributed by atoms with E-state index in [0.29, 0.717) is 6.04 Å². The molecule has 1 heterocycles. The Hall–Kier alpha value is -1.42. The number of likely N-dealkylation sites (N-methyl/N-ethyl adjacent to an activating group) is 1. The minimum Gasteiger partial charge on any atom is -0.320 e. The van der Waals surface area contributed by atoms with Gasteiger partial charge in [0.1, 0.15) is 0 Å². The fourth-order valence-corrected chi connectivity index (χ4v) is 3.80. The summed E-state index contributed by atoms with van der Waals surface area (Å²) in [5, 5.41) is 5.97. The lowest BCUT2D eigenvalue weighted by molar-refractivity contribution is 0.0846. The monoisotopic (exact) mass is 325 g/mol. The number of nitrogens with zero attached hydrogens (tertiary/aromatic N) is 2. The van der Waals surface area contributed by atoms with Crippen molar-refractivity contribution in [2.75, 3.05) is 46.8 Å². The number of benzene rings is 2. The molecule has 0 unspecified atom stereocenters. The van der Waals surface area contributed by atoms with Crippen molar-refractivity contribution in [2.24, 2.45) is 0 Å². The third-order valence-electron chi connectivity index (χ3n) is 5.27. The first-order chi connectivity index (χ1) is 11.8. The molecule has 0 bridgehead atoms. The summed E-state index contributed by atoms with van der Waals surface area (Å²) in [6.07, 6.45) is 3.71. The lowest BCUT2D eigenvalue weighted by Crippen LogP contribution is -2.52. The van der Waals surface area contributed by atoms with E-state index in [1.54, 1.807) is 0 Å². The summed E-state index contributed by atoms with van der Waals surface area (Å²) in [5.41, 5.74) is 1.46. The molecule has 0 radical (unpaired) electrons. The van der Waals surface area contributed by atoms with Crippen LogP contribution in [-0.4, -0.2) is 62.7 Å². The average Bonchev–Trinajstić information content (AvgIpc) is 2.61. The third kappa shape index (κ3) is 4.56. The van der Waals surface area contributed by atoms with Crippen molar-refractivity contribution in [1.29, 1.82) is 0 Å². The van der Waals surface area contributed by atoms with Crippen LogP contribution in [-0.2, 0) is 6.42 Å². The van der Waals surface area contributed by atoms with E-state index in [4.69, 9.17) is 0 Å². The Morgan fingerprint density at radius 1 is 1.08 bits per heavy atom. The Balaban J connectivity index is 1.59. The zero-order valence-corrected chi connectivity index (χ0v) is 15.2. The molecule has 2 aromatic rings. The number of hydrogen-bond donors (Lipinski definition) is 1. The van der Waals surface area contributed by atoms with E-state index >= 15 is 0 Å². The van der Waals surface area contributed by atoms with Crippen LogP contribution in [0.3, 0.4) is 0 Å². The van der Waals surface area contributed by atoms with Crippen molar-refractivity contribution in [3.05, 3.63) is 48.0 Å². The lowest BCUT2D eigenvalue weighted by atomic mass is 10.0. The molecular formula is C21H31N3. The molecule has 0 aliphatic carbocycles. The number of hydrogen-bond acceptors (Lipinski definition) is 3. The van der Waals surface area contributed by atoms with Crippen LogP contribution in [0.2, 0.25) is 0 Å². The van der Waals surface area contributed by atoms with E-state index in [0.717, 1.165) is 13.0 Å². The maximum absolute atomic E-state index is 3.28. The van der Waals surface area contributed by atoms with Gasteiger partial charge in [-0.25, -0.2) is 0 Å². The highest BCUT2D eigenvalue weighted by molar-refractivity contribution is 5.82. The maximum atomic E-state index is 3.28. The van der Waals surface area contributed by atoms with Crippen LogP contribution in [0.25, 0.3) is 10.8 Å². The highest BCUT2D eigenvalue weighted by atomic mass is 15.3. The Labute approximate surface area is 146 Å². The topological polar surface area (TPSA) is 18.5 Å². The van der Waals surface area contributed by atoms with E-state index in [2.05, 4.69) is 64.6 Å². The number of rotatable bonds is 7. The lowest BCUT2D eigenvalue weighted by Gasteiger charge is -2.40. The molecule has 2 aromatic carbocycles. The van der Waals surface area contributed by atoms with Gasteiger partial charge in [0.2, 0.25) is 0 Å². The average molecular weight is 326 g/mol. The summed E-state index contributed by atoms with van der Waals surface area (Å²) >= 11 is 0. The zero-order chi connectivity index (χ0) is 16.8. The normalized spacial score (nSPS) is 19.8. The first-order valence-electron chi connectivity index (χ1n) is 9.31. The molecule has 0 saturated carbocycles. The highest BCUT2D eigenvalue weighted by Gasteiger charge is 2.24. The molecule has 3 rings (SSSR count). The minimum atomic E-state index is 0.706. The van der Waals surface area contributed by atoms with Gasteiger partial charge in [0.05, 0.1) is 0 Å². The Kier molecular flexibility index (Phi) is 6.24. The summed E-state index contributed by atoms with van der Waals surface area (Å²) < 4.78 is 0. The Morgan fingerprint density at radius 3 is 2.75 bits per heavy atom. The fraction of sp³-hybridized carbons (Fsp3) is 0.524. The summed E-state index contributed by atoms with van der Waals surface area (Å²) in [6, 6.07) is 16.3. The van der Waals surface area contributed by atoms with Crippen LogP contribution in [0.4, 0.5) is 0 Å². The van der Waals surface area contributed by atoms with Crippen molar-refractivity contribution in [3.8, 4) is 0 Å². The third-order valence-corrected chi connectivity index (χ3v) is 5.27. The summed E-state index contributed by atoms with van der Waals surface area (Å²) in [5.74, 6) is 0. The molecule has 130 valence electrons. The molecule has 1 N–H and O–H groups in total. The molecule has 0 aromatic heterocycles. The molecule has 0 spiro atoms. The Morgan fingerprint density at radius 2 is 1.92 bits per heavy atom. The molecule has 1 saturated heterocycles. The molecule has 0 amide bonds. The van der Waals surface area contributed by atoms with Gasteiger partial charge in [-0.15, -0.1) is 0 Å². The molecule has 1 aliphatic heterocycles. The van der Waals surface area contributed by atoms with E-state index in [-0.39, 0.29) is 0 Å². The summed E-state index contributed by atoms with van der Waals surface area (Å²) in [7, 11) is 4.30. The van der Waals surface area contributed by atoms with Crippen molar-refractivity contribution >= 4 is 10.8 Å². The second kappa shape index (κ2) is 8.61. The molecular weight excluding hydrogens is 294 g/mol. The van der Waals surface area contributed by atoms with Crippen LogP contribution in [0.5, 0.6) is 0 Å². The van der Waals surface area contributed by atoms with E-state index in [1.807, 2.05) is 7.05 Å². The van der Waals surface area contributed by atoms with Crippen molar-refractivity contribution in [3.63, 3.8) is 0 Å². The van der Waals surface area contributed by atoms with Crippen LogP contribution >= 0.6 is 0 Å². The largest absolute Gasteiger partial charge is 0.320 e. The smallest absolute Gasteiger partial charge is 0.0224 e. The fourth-order valence-electron chi connectivity index (χ4n) is 3.80. The SMILES string of the molecule is CNCCC[C@@H]1CN(C)CCN1CCc1ccc2ccccc2c1. The summed E-state index contributed by atoms with van der Waals surface area (Å²) in [6.45, 7) is 5.91. The van der Waals surface area contributed by atoms with Crippen LogP contribution < -0.4 is 5.32 Å². The quantitative estimate of drug-likeness (QED) is 0.790. The van der Waals surface area contributed by atoms with Crippen LogP contribution in [0.15, 0.2) is 42.5 Å². The second-order valence-electron chi connectivity index (χ2n) is 7.13. The van der Waals surface area contributed by atoms with E-state index in [9.17, 15) is 0 Å². The van der Waals surface area contributed by atoms with Gasteiger partial charge in [-0.2, -0.15) is 0 Å². The number of piperazine rings is 1. The van der Waals surface area contributed by atoms with E-state index < -0.39 is 0 Å². The molecule has 24 heavy (non-hydrogen) atoms. The first-order valence-corrected chi connectivity index (χ1v) is 9.31. The molecule has 3 nitrogen and oxygen atoms in total. The van der Waals surface area contributed by atoms with Crippen LogP contribution in [0, 0.1) is 0 Å². The van der Waals surface area contributed by atoms with Crippen molar-refractivity contribution < 1.29 is 0 Å². The predicted octanol–water partition coefficient (Wildman–Crippen LogP) is 3.00. The molecule has 1 aliphatic rings. The predicted molar refractivity (Wildman–Crippen MR) is 104 cm³/mol. The van der Waals surface area contributed by atoms with Gasteiger partial charge in [0, 0.05) is 32.2 Å². The van der Waals surface area contributed by atoms with Gasteiger partial charge in [-0.1, -0.05) is 42.5 Å². The standard InChI is InChI=1S/C21H31N3/c1-22-12-5-8-21-17-23(2)14-15-24(21)13-11-18-9-10-19-6-3-4-7-20(19)16-18/h3-4,6-7,9-10,16,21-22H,5,8,11-15,17H2,1-2H3/t21-/m1/s1. The van der Waals surface area contributed by atoms with Gasteiger partial charge in [-0.3, -0.25) is 4.90 Å². The molecule has 1 atom stereocenters. The summed E-state index contributed by atoms with van der Waals surface area (Å²) in [4.78, 5) is 5.20. The van der Waals surface area contributed by atoms with Gasteiger partial charge >= 0.3 is 0 Å². The van der Waals surface area contributed by atoms with Crippen LogP contribution in [0.1, 0.15) is 18.4 Å².